The Bertz CT molecular complexity index is 747. The molecule has 0 aromatic heterocycles. The van der Waals surface area contributed by atoms with Gasteiger partial charge in [-0.2, -0.15) is 0 Å². The molecule has 0 unspecified atom stereocenters. The van der Waals surface area contributed by atoms with E-state index < -0.39 is 0 Å². The number of thiocarbonyl (C=S) groups is 1. The summed E-state index contributed by atoms with van der Waals surface area (Å²) in [5.41, 5.74) is 8.88. The number of amides is 1. The Labute approximate surface area is 132 Å². The minimum Gasteiger partial charge on any atom is -0.389 e. The van der Waals surface area contributed by atoms with Crippen LogP contribution in [0.1, 0.15) is 5.56 Å². The molecule has 6 heteroatoms. The molecule has 1 aliphatic heterocycles. The van der Waals surface area contributed by atoms with Crippen molar-refractivity contribution in [3.63, 3.8) is 0 Å². The first-order chi connectivity index (χ1) is 10.1. The highest BCUT2D eigenvalue weighted by Gasteiger charge is 2.25. The molecule has 4 nitrogen and oxygen atoms in total. The fourth-order valence-corrected chi connectivity index (χ4v) is 2.72. The van der Waals surface area contributed by atoms with Gasteiger partial charge in [-0.15, -0.1) is 0 Å². The molecule has 3 N–H and O–H groups in total. The highest BCUT2D eigenvalue weighted by atomic mass is 35.5. The van der Waals surface area contributed by atoms with Gasteiger partial charge in [-0.05, 0) is 30.3 Å². The van der Waals surface area contributed by atoms with Crippen molar-refractivity contribution in [2.75, 3.05) is 16.8 Å². The van der Waals surface area contributed by atoms with E-state index in [0.29, 0.717) is 10.6 Å². The average molecular weight is 318 g/mol. The third-order valence-corrected chi connectivity index (χ3v) is 3.74. The van der Waals surface area contributed by atoms with Crippen molar-refractivity contribution in [3.8, 4) is 0 Å². The van der Waals surface area contributed by atoms with Crippen LogP contribution in [-0.2, 0) is 4.79 Å². The fraction of sp³-hybridized carbons (Fsp3) is 0.0667. The van der Waals surface area contributed by atoms with Gasteiger partial charge in [0.05, 0.1) is 17.1 Å². The predicted octanol–water partition coefficient (Wildman–Crippen LogP) is 3.06. The van der Waals surface area contributed by atoms with Crippen LogP contribution in [0.15, 0.2) is 42.5 Å². The van der Waals surface area contributed by atoms with Crippen LogP contribution in [0.2, 0.25) is 5.02 Å². The molecule has 2 aromatic carbocycles. The summed E-state index contributed by atoms with van der Waals surface area (Å²) in [6.07, 6.45) is 0. The molecular formula is C15H12ClN3OS. The number of nitrogens with two attached hydrogens (primary N) is 1. The number of nitrogens with one attached hydrogen (secondary N) is 1. The molecule has 1 amide bonds. The molecule has 3 rings (SSSR count). The quantitative estimate of drug-likeness (QED) is 0.836. The molecule has 1 heterocycles. The van der Waals surface area contributed by atoms with Crippen molar-refractivity contribution in [3.05, 3.63) is 53.1 Å². The second-order valence-corrected chi connectivity index (χ2v) is 5.55. The molecular weight excluding hydrogens is 306 g/mol. The lowest BCUT2D eigenvalue weighted by atomic mass is 10.1. The zero-order valence-corrected chi connectivity index (χ0v) is 12.5. The Hall–Kier alpha value is -2.11. The zero-order chi connectivity index (χ0) is 15.0. The number of anilines is 3. The third kappa shape index (κ3) is 2.57. The number of carbonyl (C=O) groups excluding carboxylic acids is 1. The molecule has 0 atom stereocenters. The average Bonchev–Trinajstić information content (AvgIpc) is 2.46. The smallest absolute Gasteiger partial charge is 0.244 e. The number of carbonyl (C=O) groups is 1. The molecule has 0 radical (unpaired) electrons. The lowest BCUT2D eigenvalue weighted by Gasteiger charge is -2.32. The van der Waals surface area contributed by atoms with Gasteiger partial charge < -0.3 is 16.0 Å². The van der Waals surface area contributed by atoms with Gasteiger partial charge in [0.1, 0.15) is 11.5 Å². The summed E-state index contributed by atoms with van der Waals surface area (Å²) in [6, 6.07) is 12.9. The number of fused-ring (bicyclic) bond motifs is 1. The van der Waals surface area contributed by atoms with E-state index in [1.807, 2.05) is 35.2 Å². The molecule has 1 aliphatic rings. The van der Waals surface area contributed by atoms with E-state index in [2.05, 4.69) is 5.32 Å². The summed E-state index contributed by atoms with van der Waals surface area (Å²) >= 11 is 11.1. The van der Waals surface area contributed by atoms with Gasteiger partial charge in [-0.25, -0.2) is 0 Å². The number of benzene rings is 2. The van der Waals surface area contributed by atoms with Crippen LogP contribution >= 0.6 is 23.8 Å². The van der Waals surface area contributed by atoms with Crippen LogP contribution in [0.5, 0.6) is 0 Å². The van der Waals surface area contributed by atoms with E-state index in [1.54, 1.807) is 12.1 Å². The van der Waals surface area contributed by atoms with Gasteiger partial charge >= 0.3 is 0 Å². The number of rotatable bonds is 2. The van der Waals surface area contributed by atoms with Crippen molar-refractivity contribution in [2.24, 2.45) is 5.73 Å². The van der Waals surface area contributed by atoms with Gasteiger partial charge in [0.15, 0.2) is 0 Å². The first kappa shape index (κ1) is 13.9. The molecule has 0 bridgehead atoms. The highest BCUT2D eigenvalue weighted by Crippen LogP contribution is 2.37. The predicted molar refractivity (Wildman–Crippen MR) is 89.4 cm³/mol. The lowest BCUT2D eigenvalue weighted by Crippen LogP contribution is -2.36. The van der Waals surface area contributed by atoms with Crippen molar-refractivity contribution in [2.45, 2.75) is 0 Å². The second-order valence-electron chi connectivity index (χ2n) is 4.68. The molecule has 0 saturated carbocycles. The van der Waals surface area contributed by atoms with E-state index in [9.17, 15) is 4.79 Å². The van der Waals surface area contributed by atoms with Crippen molar-refractivity contribution >= 4 is 51.8 Å². The first-order valence-corrected chi connectivity index (χ1v) is 7.10. The molecule has 0 aliphatic carbocycles. The molecule has 2 aromatic rings. The van der Waals surface area contributed by atoms with E-state index in [-0.39, 0.29) is 17.4 Å². The van der Waals surface area contributed by atoms with Crippen LogP contribution in [0.25, 0.3) is 0 Å². The van der Waals surface area contributed by atoms with Crippen LogP contribution in [0.4, 0.5) is 17.1 Å². The largest absolute Gasteiger partial charge is 0.389 e. The Morgan fingerprint density at radius 2 is 2.00 bits per heavy atom. The maximum atomic E-state index is 11.9. The molecule has 106 valence electrons. The number of hydrogen-bond acceptors (Lipinski definition) is 3. The summed E-state index contributed by atoms with van der Waals surface area (Å²) in [5, 5.41) is 3.40. The summed E-state index contributed by atoms with van der Waals surface area (Å²) in [5.74, 6) is -0.0856. The number of para-hydroxylation sites is 2. The zero-order valence-electron chi connectivity index (χ0n) is 11.0. The van der Waals surface area contributed by atoms with Crippen molar-refractivity contribution in [1.82, 2.24) is 0 Å². The molecule has 0 spiro atoms. The monoisotopic (exact) mass is 317 g/mol. The van der Waals surface area contributed by atoms with E-state index in [0.717, 1.165) is 17.1 Å². The number of nitrogens with zero attached hydrogens (tertiary/aromatic N) is 1. The van der Waals surface area contributed by atoms with Gasteiger partial charge in [0.2, 0.25) is 5.91 Å². The Morgan fingerprint density at radius 1 is 1.24 bits per heavy atom. The SMILES string of the molecule is NC(=S)c1cc(Cl)ccc1N1CC(=O)Nc2ccccc21. The van der Waals surface area contributed by atoms with Crippen LogP contribution in [0.3, 0.4) is 0 Å². The van der Waals surface area contributed by atoms with Gasteiger partial charge in [-0.3, -0.25) is 4.79 Å². The maximum absolute atomic E-state index is 11.9. The van der Waals surface area contributed by atoms with Crippen LogP contribution in [0, 0.1) is 0 Å². The topological polar surface area (TPSA) is 58.4 Å². The molecule has 0 saturated heterocycles. The maximum Gasteiger partial charge on any atom is 0.244 e. The molecule has 0 fully saturated rings. The van der Waals surface area contributed by atoms with E-state index in [4.69, 9.17) is 29.6 Å². The summed E-state index contributed by atoms with van der Waals surface area (Å²) in [7, 11) is 0. The van der Waals surface area contributed by atoms with Crippen molar-refractivity contribution in [1.29, 1.82) is 0 Å². The second kappa shape index (κ2) is 5.35. The Morgan fingerprint density at radius 3 is 2.76 bits per heavy atom. The van der Waals surface area contributed by atoms with E-state index in [1.165, 1.54) is 0 Å². The Balaban J connectivity index is 2.17. The van der Waals surface area contributed by atoms with Gasteiger partial charge in [0.25, 0.3) is 0 Å². The minimum atomic E-state index is -0.0856. The van der Waals surface area contributed by atoms with Crippen LogP contribution in [-0.4, -0.2) is 17.4 Å². The minimum absolute atomic E-state index is 0.0856. The van der Waals surface area contributed by atoms with Crippen molar-refractivity contribution < 1.29 is 4.79 Å². The number of halogens is 1. The highest BCUT2D eigenvalue weighted by molar-refractivity contribution is 7.80. The fourth-order valence-electron chi connectivity index (χ4n) is 2.39. The lowest BCUT2D eigenvalue weighted by molar-refractivity contribution is -0.115. The van der Waals surface area contributed by atoms with Gasteiger partial charge in [-0.1, -0.05) is 36.0 Å². The summed E-state index contributed by atoms with van der Waals surface area (Å²) in [6.45, 7) is 0.203. The summed E-state index contributed by atoms with van der Waals surface area (Å²) < 4.78 is 0. The van der Waals surface area contributed by atoms with Gasteiger partial charge in [0, 0.05) is 10.6 Å². The Kier molecular flexibility index (Phi) is 3.53. The summed E-state index contributed by atoms with van der Waals surface area (Å²) in [4.78, 5) is 14.0. The first-order valence-electron chi connectivity index (χ1n) is 6.32. The number of hydrogen-bond donors (Lipinski definition) is 2. The van der Waals surface area contributed by atoms with Crippen LogP contribution < -0.4 is 16.0 Å². The third-order valence-electron chi connectivity index (χ3n) is 3.29. The van der Waals surface area contributed by atoms with E-state index >= 15 is 0 Å². The molecule has 21 heavy (non-hydrogen) atoms. The normalized spacial score (nSPS) is 13.6. The standard InChI is InChI=1S/C15H12ClN3OS/c16-9-5-6-12(10(7-9)15(17)21)19-8-14(20)18-11-3-1-2-4-13(11)19/h1-7H,8H2,(H2,17,21)(H,18,20).